The van der Waals surface area contributed by atoms with Gasteiger partial charge in [-0.25, -0.2) is 0 Å². The summed E-state index contributed by atoms with van der Waals surface area (Å²) in [6.07, 6.45) is -2.04. The Balaban J connectivity index is 2.32. The molecular weight excluding hydrogens is 249 g/mol. The number of carbonyl (C=O) groups is 2. The van der Waals surface area contributed by atoms with Gasteiger partial charge in [0.1, 0.15) is 0 Å². The van der Waals surface area contributed by atoms with Crippen molar-refractivity contribution < 1.29 is 27.2 Å². The van der Waals surface area contributed by atoms with E-state index in [2.05, 4.69) is 0 Å². The van der Waals surface area contributed by atoms with E-state index < -0.39 is 36.0 Å². The zero-order chi connectivity index (χ0) is 13.3. The molecule has 0 radical (unpaired) electrons. The van der Waals surface area contributed by atoms with Gasteiger partial charge in [0.05, 0.1) is 18.1 Å². The highest BCUT2D eigenvalue weighted by atomic mass is 19.4. The van der Waals surface area contributed by atoms with Gasteiger partial charge in [0.15, 0.2) is 11.5 Å². The van der Waals surface area contributed by atoms with Crippen LogP contribution in [0.2, 0.25) is 0 Å². The third kappa shape index (κ3) is 2.37. The van der Waals surface area contributed by atoms with Gasteiger partial charge in [-0.2, -0.15) is 13.2 Å². The van der Waals surface area contributed by atoms with E-state index >= 15 is 0 Å². The Morgan fingerprint density at radius 2 is 2.11 bits per heavy atom. The van der Waals surface area contributed by atoms with Crippen molar-refractivity contribution in [2.75, 3.05) is 0 Å². The first-order chi connectivity index (χ1) is 8.39. The molecule has 1 aromatic rings. The zero-order valence-corrected chi connectivity index (χ0v) is 9.11. The lowest BCUT2D eigenvalue weighted by molar-refractivity contribution is -0.184. The van der Waals surface area contributed by atoms with E-state index in [0.29, 0.717) is 0 Å². The molecule has 1 aliphatic carbocycles. The highest BCUT2D eigenvalue weighted by molar-refractivity contribution is 6.00. The molecule has 0 fully saturated rings. The first-order valence-electron chi connectivity index (χ1n) is 5.25. The van der Waals surface area contributed by atoms with Gasteiger partial charge in [0, 0.05) is 6.42 Å². The van der Waals surface area contributed by atoms with Crippen molar-refractivity contribution in [1.29, 1.82) is 0 Å². The zero-order valence-electron chi connectivity index (χ0n) is 9.11. The number of rotatable bonds is 2. The quantitative estimate of drug-likeness (QED) is 0.766. The third-order valence-electron chi connectivity index (χ3n) is 2.83. The molecule has 0 saturated carbocycles. The van der Waals surface area contributed by atoms with Crippen molar-refractivity contribution in [2.45, 2.75) is 12.6 Å². The van der Waals surface area contributed by atoms with Gasteiger partial charge < -0.3 is 4.42 Å². The van der Waals surface area contributed by atoms with E-state index in [1.54, 1.807) is 0 Å². The minimum Gasteiger partial charge on any atom is -0.461 e. The van der Waals surface area contributed by atoms with Crippen LogP contribution >= 0.6 is 0 Å². The summed E-state index contributed by atoms with van der Waals surface area (Å²) in [7, 11) is 0. The molecule has 2 rings (SSSR count). The number of alkyl halides is 3. The van der Waals surface area contributed by atoms with Crippen LogP contribution in [0.3, 0.4) is 0 Å². The van der Waals surface area contributed by atoms with E-state index in [1.165, 1.54) is 18.4 Å². The van der Waals surface area contributed by atoms with Crippen LogP contribution in [-0.4, -0.2) is 17.7 Å². The number of furan rings is 1. The Bertz CT molecular complexity index is 485. The maximum atomic E-state index is 12.8. The summed E-state index contributed by atoms with van der Waals surface area (Å²) in [6, 6.07) is 2.73. The molecule has 0 bridgehead atoms. The number of halogens is 3. The van der Waals surface area contributed by atoms with Gasteiger partial charge in [-0.1, -0.05) is 6.08 Å². The second-order valence-electron chi connectivity index (χ2n) is 4.04. The number of Topliss-reactive ketones (excluding diaryl/α,β-unsaturated/α-hetero) is 1. The second-order valence-corrected chi connectivity index (χ2v) is 4.04. The lowest BCUT2D eigenvalue weighted by Gasteiger charge is -2.27. The van der Waals surface area contributed by atoms with Gasteiger partial charge in [-0.05, 0) is 18.2 Å². The molecule has 1 aromatic heterocycles. The number of allylic oxidation sites excluding steroid dienone is 2. The average Bonchev–Trinajstić information content (AvgIpc) is 2.80. The molecule has 1 aliphatic rings. The van der Waals surface area contributed by atoms with Crippen LogP contribution in [0.4, 0.5) is 13.2 Å². The summed E-state index contributed by atoms with van der Waals surface area (Å²) in [5, 5.41) is 0. The van der Waals surface area contributed by atoms with Crippen LogP contribution in [0.25, 0.3) is 0 Å². The molecule has 0 aliphatic heterocycles. The fourth-order valence-electron chi connectivity index (χ4n) is 1.93. The standard InChI is InChI=1S/C12H9F3O3/c13-12(14,15)9-6-7(16)3-4-8(9)11(17)10-2-1-5-18-10/h1-5,8-9H,6H2/t8-,9-/m0/s1. The van der Waals surface area contributed by atoms with Crippen LogP contribution in [0.5, 0.6) is 0 Å². The fraction of sp³-hybridized carbons (Fsp3) is 0.333. The molecule has 0 N–H and O–H groups in total. The highest BCUT2D eigenvalue weighted by Crippen LogP contribution is 2.39. The Kier molecular flexibility index (Phi) is 3.11. The summed E-state index contributed by atoms with van der Waals surface area (Å²) in [5.74, 6) is -4.89. The van der Waals surface area contributed by atoms with E-state index in [-0.39, 0.29) is 5.76 Å². The van der Waals surface area contributed by atoms with Gasteiger partial charge in [-0.3, -0.25) is 9.59 Å². The van der Waals surface area contributed by atoms with Crippen molar-refractivity contribution in [3.8, 4) is 0 Å². The highest BCUT2D eigenvalue weighted by Gasteiger charge is 2.49. The van der Waals surface area contributed by atoms with Crippen LogP contribution < -0.4 is 0 Å². The van der Waals surface area contributed by atoms with Gasteiger partial charge >= 0.3 is 6.18 Å². The summed E-state index contributed by atoms with van der Waals surface area (Å²) in [5.41, 5.74) is 0. The van der Waals surface area contributed by atoms with Gasteiger partial charge in [0.25, 0.3) is 0 Å². The fourth-order valence-corrected chi connectivity index (χ4v) is 1.93. The van der Waals surface area contributed by atoms with E-state index in [0.717, 1.165) is 12.2 Å². The minimum atomic E-state index is -4.59. The predicted octanol–water partition coefficient (Wildman–Crippen LogP) is 2.79. The molecule has 0 aromatic carbocycles. The largest absolute Gasteiger partial charge is 0.461 e. The predicted molar refractivity (Wildman–Crippen MR) is 54.8 cm³/mol. The lowest BCUT2D eigenvalue weighted by atomic mass is 9.79. The molecule has 2 atom stereocenters. The van der Waals surface area contributed by atoms with Gasteiger partial charge in [-0.15, -0.1) is 0 Å². The topological polar surface area (TPSA) is 47.3 Å². The van der Waals surface area contributed by atoms with Crippen molar-refractivity contribution in [3.63, 3.8) is 0 Å². The van der Waals surface area contributed by atoms with Crippen LogP contribution in [0.1, 0.15) is 17.0 Å². The van der Waals surface area contributed by atoms with Crippen molar-refractivity contribution >= 4 is 11.6 Å². The molecular formula is C12H9F3O3. The molecule has 96 valence electrons. The third-order valence-corrected chi connectivity index (χ3v) is 2.83. The first kappa shape index (κ1) is 12.6. The summed E-state index contributed by atoms with van der Waals surface area (Å²) < 4.78 is 43.2. The van der Waals surface area contributed by atoms with Gasteiger partial charge in [0.2, 0.25) is 5.78 Å². The normalized spacial score (nSPS) is 24.3. The van der Waals surface area contributed by atoms with Crippen LogP contribution in [0.15, 0.2) is 35.0 Å². The molecule has 1 heterocycles. The maximum Gasteiger partial charge on any atom is 0.393 e. The number of ketones is 2. The molecule has 3 nitrogen and oxygen atoms in total. The van der Waals surface area contributed by atoms with E-state index in [4.69, 9.17) is 4.42 Å². The molecule has 0 spiro atoms. The van der Waals surface area contributed by atoms with Crippen molar-refractivity contribution in [3.05, 3.63) is 36.3 Å². The Labute approximate surface area is 100 Å². The SMILES string of the molecule is O=C1C=C[C@H](C(=O)c2ccco2)[C@@H](C(F)(F)F)C1. The Hall–Kier alpha value is -1.85. The second kappa shape index (κ2) is 4.44. The van der Waals surface area contributed by atoms with Crippen molar-refractivity contribution in [2.24, 2.45) is 11.8 Å². The maximum absolute atomic E-state index is 12.8. The minimum absolute atomic E-state index is 0.131. The molecule has 0 unspecified atom stereocenters. The molecule has 18 heavy (non-hydrogen) atoms. The Morgan fingerprint density at radius 3 is 2.67 bits per heavy atom. The van der Waals surface area contributed by atoms with Crippen LogP contribution in [-0.2, 0) is 4.79 Å². The van der Waals surface area contributed by atoms with E-state index in [1.807, 2.05) is 0 Å². The molecule has 0 amide bonds. The monoisotopic (exact) mass is 258 g/mol. The summed E-state index contributed by atoms with van der Waals surface area (Å²) in [6.45, 7) is 0. The first-order valence-corrected chi connectivity index (χ1v) is 5.25. The van der Waals surface area contributed by atoms with Crippen molar-refractivity contribution in [1.82, 2.24) is 0 Å². The number of hydrogen-bond donors (Lipinski definition) is 0. The molecule has 0 saturated heterocycles. The number of carbonyl (C=O) groups excluding carboxylic acids is 2. The average molecular weight is 258 g/mol. The summed E-state index contributed by atoms with van der Waals surface area (Å²) in [4.78, 5) is 22.9. The van der Waals surface area contributed by atoms with E-state index in [9.17, 15) is 22.8 Å². The summed E-state index contributed by atoms with van der Waals surface area (Å²) >= 11 is 0. The Morgan fingerprint density at radius 1 is 1.39 bits per heavy atom. The smallest absolute Gasteiger partial charge is 0.393 e. The van der Waals surface area contributed by atoms with Crippen LogP contribution in [0, 0.1) is 11.8 Å². The lowest BCUT2D eigenvalue weighted by Crippen LogP contribution is -2.37. The molecule has 6 heteroatoms. The number of hydrogen-bond acceptors (Lipinski definition) is 3.